The number of amides is 1. The van der Waals surface area contributed by atoms with Crippen LogP contribution in [0.2, 0.25) is 0 Å². The second-order valence-corrected chi connectivity index (χ2v) is 5.51. The third-order valence-electron chi connectivity index (χ3n) is 2.76. The molecule has 0 unspecified atom stereocenters. The second-order valence-electron chi connectivity index (χ2n) is 5.51. The molecular weight excluding hydrogens is 297 g/mol. The molecule has 23 heavy (non-hydrogen) atoms. The molecule has 0 aliphatic heterocycles. The van der Waals surface area contributed by atoms with E-state index in [1.165, 1.54) is 30.6 Å². The number of aromatic nitrogens is 2. The van der Waals surface area contributed by atoms with Crippen molar-refractivity contribution in [2.75, 3.05) is 6.54 Å². The highest BCUT2D eigenvalue weighted by molar-refractivity contribution is 5.92. The Hall–Kier alpha value is -2.78. The molecule has 2 rings (SSSR count). The van der Waals surface area contributed by atoms with Gasteiger partial charge in [-0.05, 0) is 44.0 Å². The first kappa shape index (κ1) is 16.6. The molecule has 2 heterocycles. The SMILES string of the molecule is CC(C)(O)CNC(=O)c1ccc(C#Cc2ncccc2F)cn1. The molecule has 118 valence electrons. The van der Waals surface area contributed by atoms with Gasteiger partial charge in [-0.3, -0.25) is 4.79 Å². The third kappa shape index (κ3) is 5.16. The molecule has 2 aromatic heterocycles. The first-order valence-electron chi connectivity index (χ1n) is 6.94. The van der Waals surface area contributed by atoms with Gasteiger partial charge in [-0.2, -0.15) is 0 Å². The monoisotopic (exact) mass is 313 g/mol. The van der Waals surface area contributed by atoms with Crippen LogP contribution in [-0.4, -0.2) is 33.1 Å². The van der Waals surface area contributed by atoms with E-state index < -0.39 is 11.4 Å². The maximum atomic E-state index is 13.4. The smallest absolute Gasteiger partial charge is 0.269 e. The first-order chi connectivity index (χ1) is 10.8. The lowest BCUT2D eigenvalue weighted by molar-refractivity contribution is 0.0692. The molecule has 0 aromatic carbocycles. The molecule has 0 saturated heterocycles. The quantitative estimate of drug-likeness (QED) is 0.843. The number of pyridine rings is 2. The Kier molecular flexibility index (Phi) is 5.04. The Balaban J connectivity index is 2.06. The van der Waals surface area contributed by atoms with Gasteiger partial charge < -0.3 is 10.4 Å². The molecule has 1 amide bonds. The number of aliphatic hydroxyl groups is 1. The van der Waals surface area contributed by atoms with Crippen molar-refractivity contribution in [3.05, 3.63) is 59.4 Å². The number of carbonyl (C=O) groups excluding carboxylic acids is 1. The van der Waals surface area contributed by atoms with Gasteiger partial charge in [0.1, 0.15) is 11.4 Å². The predicted octanol–water partition coefficient (Wildman–Crippen LogP) is 1.52. The van der Waals surface area contributed by atoms with E-state index in [0.717, 1.165) is 0 Å². The predicted molar refractivity (Wildman–Crippen MR) is 83.0 cm³/mol. The Morgan fingerprint density at radius 3 is 2.70 bits per heavy atom. The minimum atomic E-state index is -0.992. The summed E-state index contributed by atoms with van der Waals surface area (Å²) in [6, 6.07) is 5.90. The second kappa shape index (κ2) is 6.99. The number of rotatable bonds is 3. The molecule has 6 heteroatoms. The topological polar surface area (TPSA) is 75.1 Å². The molecule has 0 saturated carbocycles. The molecule has 2 aromatic rings. The van der Waals surface area contributed by atoms with Crippen LogP contribution >= 0.6 is 0 Å². The minimum Gasteiger partial charge on any atom is -0.389 e. The molecule has 0 atom stereocenters. The summed E-state index contributed by atoms with van der Waals surface area (Å²) in [6.45, 7) is 3.31. The van der Waals surface area contributed by atoms with Crippen molar-refractivity contribution in [1.29, 1.82) is 0 Å². The Morgan fingerprint density at radius 1 is 1.30 bits per heavy atom. The molecule has 2 N–H and O–H groups in total. The standard InChI is InChI=1S/C17H16FN3O2/c1-17(2,23)11-21-16(22)15-8-6-12(10-20-15)5-7-14-13(18)4-3-9-19-14/h3-4,6,8-10,23H,11H2,1-2H3,(H,21,22). The van der Waals surface area contributed by atoms with Gasteiger partial charge in [-0.25, -0.2) is 14.4 Å². The van der Waals surface area contributed by atoms with Crippen LogP contribution in [0.3, 0.4) is 0 Å². The van der Waals surface area contributed by atoms with Crippen molar-refractivity contribution in [3.63, 3.8) is 0 Å². The van der Waals surface area contributed by atoms with Gasteiger partial charge in [-0.15, -0.1) is 0 Å². The van der Waals surface area contributed by atoms with Crippen molar-refractivity contribution < 1.29 is 14.3 Å². The van der Waals surface area contributed by atoms with Crippen LogP contribution in [0, 0.1) is 17.7 Å². The summed E-state index contributed by atoms with van der Waals surface area (Å²) in [5, 5.41) is 12.1. The van der Waals surface area contributed by atoms with Gasteiger partial charge in [0.05, 0.1) is 5.60 Å². The highest BCUT2D eigenvalue weighted by atomic mass is 19.1. The van der Waals surface area contributed by atoms with Crippen LogP contribution in [0.1, 0.15) is 35.6 Å². The van der Waals surface area contributed by atoms with Crippen LogP contribution in [0.5, 0.6) is 0 Å². The first-order valence-corrected chi connectivity index (χ1v) is 6.94. The van der Waals surface area contributed by atoms with Crippen molar-refractivity contribution in [3.8, 4) is 11.8 Å². The van der Waals surface area contributed by atoms with E-state index in [1.807, 2.05) is 0 Å². The molecule has 0 aliphatic carbocycles. The maximum Gasteiger partial charge on any atom is 0.269 e. The average Bonchev–Trinajstić information content (AvgIpc) is 2.52. The Bertz CT molecular complexity index is 756. The fourth-order valence-electron chi connectivity index (χ4n) is 1.60. The Morgan fingerprint density at radius 2 is 2.09 bits per heavy atom. The van der Waals surface area contributed by atoms with Crippen molar-refractivity contribution in [2.24, 2.45) is 0 Å². The van der Waals surface area contributed by atoms with E-state index in [-0.39, 0.29) is 23.8 Å². The van der Waals surface area contributed by atoms with Gasteiger partial charge in [0, 0.05) is 24.5 Å². The van der Waals surface area contributed by atoms with E-state index in [0.29, 0.717) is 5.56 Å². The summed E-state index contributed by atoms with van der Waals surface area (Å²) in [5.41, 5.74) is -0.189. The van der Waals surface area contributed by atoms with E-state index in [2.05, 4.69) is 27.1 Å². The fraction of sp³-hybridized carbons (Fsp3) is 0.235. The van der Waals surface area contributed by atoms with Gasteiger partial charge in [0.2, 0.25) is 0 Å². The number of hydrogen-bond acceptors (Lipinski definition) is 4. The van der Waals surface area contributed by atoms with Gasteiger partial charge >= 0.3 is 0 Å². The molecule has 0 aliphatic rings. The van der Waals surface area contributed by atoms with E-state index in [9.17, 15) is 14.3 Å². The fourth-order valence-corrected chi connectivity index (χ4v) is 1.60. The molecule has 0 fully saturated rings. The highest BCUT2D eigenvalue weighted by Crippen LogP contribution is 2.03. The van der Waals surface area contributed by atoms with Crippen LogP contribution in [-0.2, 0) is 0 Å². The van der Waals surface area contributed by atoms with Crippen molar-refractivity contribution in [2.45, 2.75) is 19.4 Å². The molecule has 0 bridgehead atoms. The Labute approximate surface area is 133 Å². The minimum absolute atomic E-state index is 0.0551. The zero-order valence-electron chi connectivity index (χ0n) is 12.8. The lowest BCUT2D eigenvalue weighted by Gasteiger charge is -2.17. The zero-order valence-corrected chi connectivity index (χ0v) is 12.8. The number of hydrogen-bond donors (Lipinski definition) is 2. The summed E-state index contributed by atoms with van der Waals surface area (Å²) in [5.74, 6) is 4.47. The summed E-state index contributed by atoms with van der Waals surface area (Å²) in [6.07, 6.45) is 2.88. The number of nitrogens with zero attached hydrogens (tertiary/aromatic N) is 2. The lowest BCUT2D eigenvalue weighted by Crippen LogP contribution is -2.38. The summed E-state index contributed by atoms with van der Waals surface area (Å²) in [4.78, 5) is 19.7. The average molecular weight is 313 g/mol. The normalized spacial score (nSPS) is 10.6. The summed E-state index contributed by atoms with van der Waals surface area (Å²) >= 11 is 0. The molecular formula is C17H16FN3O2. The van der Waals surface area contributed by atoms with E-state index >= 15 is 0 Å². The lowest BCUT2D eigenvalue weighted by atomic mass is 10.1. The zero-order chi connectivity index (χ0) is 16.9. The molecule has 5 nitrogen and oxygen atoms in total. The summed E-state index contributed by atoms with van der Waals surface area (Å²) in [7, 11) is 0. The van der Waals surface area contributed by atoms with Crippen molar-refractivity contribution in [1.82, 2.24) is 15.3 Å². The van der Waals surface area contributed by atoms with Crippen LogP contribution < -0.4 is 5.32 Å². The summed E-state index contributed by atoms with van der Waals surface area (Å²) < 4.78 is 13.4. The number of halogens is 1. The van der Waals surface area contributed by atoms with E-state index in [4.69, 9.17) is 0 Å². The maximum absolute atomic E-state index is 13.4. The molecule has 0 radical (unpaired) electrons. The number of nitrogens with one attached hydrogen (secondary N) is 1. The molecule has 0 spiro atoms. The number of carbonyl (C=O) groups is 1. The van der Waals surface area contributed by atoms with Gasteiger partial charge in [0.25, 0.3) is 5.91 Å². The van der Waals surface area contributed by atoms with Crippen LogP contribution in [0.15, 0.2) is 36.7 Å². The van der Waals surface area contributed by atoms with Crippen LogP contribution in [0.4, 0.5) is 4.39 Å². The highest BCUT2D eigenvalue weighted by Gasteiger charge is 2.15. The van der Waals surface area contributed by atoms with E-state index in [1.54, 1.807) is 19.9 Å². The van der Waals surface area contributed by atoms with Gasteiger partial charge in [0.15, 0.2) is 5.82 Å². The van der Waals surface area contributed by atoms with Crippen molar-refractivity contribution >= 4 is 5.91 Å². The van der Waals surface area contributed by atoms with Crippen LogP contribution in [0.25, 0.3) is 0 Å². The largest absolute Gasteiger partial charge is 0.389 e. The van der Waals surface area contributed by atoms with Gasteiger partial charge in [-0.1, -0.05) is 5.92 Å². The third-order valence-corrected chi connectivity index (χ3v) is 2.76.